The average Bonchev–Trinajstić information content (AvgIpc) is 2.87. The molecular formula is C16H19NO2S. The minimum Gasteiger partial charge on any atom is -0.381 e. The monoisotopic (exact) mass is 289 g/mol. The molecular weight excluding hydrogens is 270 g/mol. The SMILES string of the molecule is CS(=O)(=O)C1CCCC1Nc1ccc2ccccc2c1. The van der Waals surface area contributed by atoms with Gasteiger partial charge >= 0.3 is 0 Å². The Balaban J connectivity index is 1.85. The molecule has 1 fully saturated rings. The van der Waals surface area contributed by atoms with Crippen LogP contribution in [0.15, 0.2) is 42.5 Å². The summed E-state index contributed by atoms with van der Waals surface area (Å²) in [5.41, 5.74) is 1.00. The van der Waals surface area contributed by atoms with Crippen molar-refractivity contribution < 1.29 is 8.42 Å². The molecule has 0 spiro atoms. The number of sulfone groups is 1. The van der Waals surface area contributed by atoms with E-state index in [0.29, 0.717) is 0 Å². The van der Waals surface area contributed by atoms with Gasteiger partial charge in [0.1, 0.15) is 0 Å². The van der Waals surface area contributed by atoms with Crippen molar-refractivity contribution in [3.63, 3.8) is 0 Å². The average molecular weight is 289 g/mol. The van der Waals surface area contributed by atoms with Gasteiger partial charge in [0.2, 0.25) is 0 Å². The molecule has 2 unspecified atom stereocenters. The van der Waals surface area contributed by atoms with Crippen LogP contribution in [-0.2, 0) is 9.84 Å². The van der Waals surface area contributed by atoms with Crippen molar-refractivity contribution in [2.75, 3.05) is 11.6 Å². The van der Waals surface area contributed by atoms with Crippen molar-refractivity contribution in [3.8, 4) is 0 Å². The minimum absolute atomic E-state index is 0.0335. The summed E-state index contributed by atoms with van der Waals surface area (Å²) in [6.45, 7) is 0. The van der Waals surface area contributed by atoms with Crippen molar-refractivity contribution in [1.29, 1.82) is 0 Å². The van der Waals surface area contributed by atoms with Crippen LogP contribution in [0.25, 0.3) is 10.8 Å². The van der Waals surface area contributed by atoms with Crippen LogP contribution in [0.5, 0.6) is 0 Å². The first-order valence-corrected chi connectivity index (χ1v) is 8.94. The van der Waals surface area contributed by atoms with E-state index in [1.807, 2.05) is 18.2 Å². The molecule has 1 saturated carbocycles. The summed E-state index contributed by atoms with van der Waals surface area (Å²) in [4.78, 5) is 0. The van der Waals surface area contributed by atoms with Gasteiger partial charge in [-0.1, -0.05) is 30.3 Å². The lowest BCUT2D eigenvalue weighted by atomic mass is 10.1. The Morgan fingerprint density at radius 1 is 1.05 bits per heavy atom. The molecule has 0 saturated heterocycles. The third kappa shape index (κ3) is 2.66. The molecule has 0 aliphatic heterocycles. The fraction of sp³-hybridized carbons (Fsp3) is 0.375. The van der Waals surface area contributed by atoms with E-state index in [4.69, 9.17) is 0 Å². The number of benzene rings is 2. The topological polar surface area (TPSA) is 46.2 Å². The largest absolute Gasteiger partial charge is 0.381 e. The fourth-order valence-corrected chi connectivity index (χ4v) is 4.49. The van der Waals surface area contributed by atoms with Crippen LogP contribution >= 0.6 is 0 Å². The molecule has 2 aromatic carbocycles. The third-order valence-electron chi connectivity index (χ3n) is 4.10. The van der Waals surface area contributed by atoms with E-state index in [-0.39, 0.29) is 11.3 Å². The van der Waals surface area contributed by atoms with Crippen LogP contribution in [0.2, 0.25) is 0 Å². The molecule has 0 heterocycles. The van der Waals surface area contributed by atoms with Crippen molar-refractivity contribution >= 4 is 26.3 Å². The second kappa shape index (κ2) is 5.09. The Labute approximate surface area is 119 Å². The highest BCUT2D eigenvalue weighted by molar-refractivity contribution is 7.91. The molecule has 0 radical (unpaired) electrons. The Morgan fingerprint density at radius 3 is 2.55 bits per heavy atom. The van der Waals surface area contributed by atoms with Crippen molar-refractivity contribution in [2.24, 2.45) is 0 Å². The highest BCUT2D eigenvalue weighted by Crippen LogP contribution is 2.29. The second-order valence-electron chi connectivity index (χ2n) is 5.61. The van der Waals surface area contributed by atoms with Crippen molar-refractivity contribution in [3.05, 3.63) is 42.5 Å². The van der Waals surface area contributed by atoms with Crippen LogP contribution < -0.4 is 5.32 Å². The lowest BCUT2D eigenvalue weighted by molar-refractivity contribution is 0.579. The smallest absolute Gasteiger partial charge is 0.152 e. The van der Waals surface area contributed by atoms with Gasteiger partial charge in [-0.15, -0.1) is 0 Å². The van der Waals surface area contributed by atoms with Crippen LogP contribution in [0.1, 0.15) is 19.3 Å². The quantitative estimate of drug-likeness (QED) is 0.943. The summed E-state index contributed by atoms with van der Waals surface area (Å²) in [5, 5.41) is 5.53. The first kappa shape index (κ1) is 13.4. The summed E-state index contributed by atoms with van der Waals surface area (Å²) in [5.74, 6) is 0. The summed E-state index contributed by atoms with van der Waals surface area (Å²) >= 11 is 0. The Kier molecular flexibility index (Phi) is 3.42. The maximum Gasteiger partial charge on any atom is 0.152 e. The zero-order valence-corrected chi connectivity index (χ0v) is 12.4. The minimum atomic E-state index is -2.98. The van der Waals surface area contributed by atoms with Gasteiger partial charge in [-0.05, 0) is 42.2 Å². The molecule has 0 amide bonds. The molecule has 1 N–H and O–H groups in total. The lowest BCUT2D eigenvalue weighted by Crippen LogP contribution is -2.34. The van der Waals surface area contributed by atoms with Crippen molar-refractivity contribution in [1.82, 2.24) is 0 Å². The van der Waals surface area contributed by atoms with Gasteiger partial charge in [0.15, 0.2) is 9.84 Å². The molecule has 1 aliphatic rings. The number of hydrogen-bond acceptors (Lipinski definition) is 3. The van der Waals surface area contributed by atoms with Crippen molar-refractivity contribution in [2.45, 2.75) is 30.6 Å². The first-order valence-electron chi connectivity index (χ1n) is 6.98. The summed E-state index contributed by atoms with van der Waals surface area (Å²) in [7, 11) is -2.98. The Morgan fingerprint density at radius 2 is 1.80 bits per heavy atom. The molecule has 4 heteroatoms. The molecule has 0 bridgehead atoms. The lowest BCUT2D eigenvalue weighted by Gasteiger charge is -2.21. The zero-order valence-electron chi connectivity index (χ0n) is 11.5. The molecule has 3 nitrogen and oxygen atoms in total. The van der Waals surface area contributed by atoms with Gasteiger partial charge in [-0.2, -0.15) is 0 Å². The predicted molar refractivity (Wildman–Crippen MR) is 83.8 cm³/mol. The first-order chi connectivity index (χ1) is 9.54. The number of rotatable bonds is 3. The number of anilines is 1. The standard InChI is InChI=1S/C16H19NO2S/c1-20(18,19)16-8-4-7-15(16)17-14-10-9-12-5-2-3-6-13(12)11-14/h2-3,5-6,9-11,15-17H,4,7-8H2,1H3. The van der Waals surface area contributed by atoms with Gasteiger partial charge in [0, 0.05) is 18.0 Å². The predicted octanol–water partition coefficient (Wildman–Crippen LogP) is 3.22. The summed E-state index contributed by atoms with van der Waals surface area (Å²) in [6, 6.07) is 14.4. The summed E-state index contributed by atoms with van der Waals surface area (Å²) in [6.07, 6.45) is 4.01. The molecule has 20 heavy (non-hydrogen) atoms. The van der Waals surface area contributed by atoms with Gasteiger partial charge in [-0.25, -0.2) is 8.42 Å². The Bertz CT molecular complexity index is 724. The molecule has 1 aliphatic carbocycles. The van der Waals surface area contributed by atoms with E-state index < -0.39 is 9.84 Å². The van der Waals surface area contributed by atoms with Crippen LogP contribution in [-0.4, -0.2) is 26.0 Å². The highest BCUT2D eigenvalue weighted by atomic mass is 32.2. The zero-order chi connectivity index (χ0) is 14.2. The van der Waals surface area contributed by atoms with Crippen LogP contribution in [0.4, 0.5) is 5.69 Å². The van der Waals surface area contributed by atoms with Crippen LogP contribution in [0.3, 0.4) is 0 Å². The fourth-order valence-electron chi connectivity index (χ4n) is 3.10. The van der Waals surface area contributed by atoms with E-state index in [9.17, 15) is 8.42 Å². The molecule has 2 atom stereocenters. The Hall–Kier alpha value is -1.55. The van der Waals surface area contributed by atoms with E-state index >= 15 is 0 Å². The molecule has 3 rings (SSSR count). The molecule has 106 valence electrons. The van der Waals surface area contributed by atoms with Gasteiger partial charge in [0.05, 0.1) is 5.25 Å². The number of hydrogen-bond donors (Lipinski definition) is 1. The van der Waals surface area contributed by atoms with E-state index in [2.05, 4.69) is 29.6 Å². The third-order valence-corrected chi connectivity index (χ3v) is 5.77. The maximum atomic E-state index is 11.8. The second-order valence-corrected chi connectivity index (χ2v) is 7.88. The number of nitrogens with one attached hydrogen (secondary N) is 1. The van der Waals surface area contributed by atoms with Gasteiger partial charge < -0.3 is 5.32 Å². The number of fused-ring (bicyclic) bond motifs is 1. The normalized spacial score (nSPS) is 23.1. The molecule has 2 aromatic rings. The highest BCUT2D eigenvalue weighted by Gasteiger charge is 2.34. The molecule has 0 aromatic heterocycles. The van der Waals surface area contributed by atoms with E-state index in [1.54, 1.807) is 0 Å². The van der Waals surface area contributed by atoms with E-state index in [0.717, 1.165) is 24.9 Å². The van der Waals surface area contributed by atoms with Gasteiger partial charge in [0.25, 0.3) is 0 Å². The van der Waals surface area contributed by atoms with Crippen LogP contribution in [0, 0.1) is 0 Å². The van der Waals surface area contributed by atoms with Gasteiger partial charge in [-0.3, -0.25) is 0 Å². The maximum absolute atomic E-state index is 11.8. The van der Waals surface area contributed by atoms with E-state index in [1.165, 1.54) is 17.0 Å². The summed E-state index contributed by atoms with van der Waals surface area (Å²) < 4.78 is 23.6.